The summed E-state index contributed by atoms with van der Waals surface area (Å²) in [5.41, 5.74) is 1.21. The fraction of sp³-hybridized carbons (Fsp3) is 0.111. The molecule has 0 N–H and O–H groups in total. The molecule has 6 heteroatoms. The predicted octanol–water partition coefficient (Wildman–Crippen LogP) is 0.955. The summed E-state index contributed by atoms with van der Waals surface area (Å²) in [5.74, 6) is 0. The van der Waals surface area contributed by atoms with Crippen molar-refractivity contribution in [2.75, 3.05) is 0 Å². The molecule has 0 unspecified atom stereocenters. The van der Waals surface area contributed by atoms with Crippen LogP contribution in [-0.4, -0.2) is 23.0 Å². The van der Waals surface area contributed by atoms with Crippen LogP contribution < -0.4 is 0 Å². The van der Waals surface area contributed by atoms with Gasteiger partial charge in [0.2, 0.25) is 9.84 Å². The molecule has 0 aliphatic carbocycles. The van der Waals surface area contributed by atoms with Gasteiger partial charge < -0.3 is 0 Å². The quantitative estimate of drug-likeness (QED) is 0.760. The van der Waals surface area contributed by atoms with Gasteiger partial charge in [-0.1, -0.05) is 6.58 Å². The Labute approximate surface area is 87.0 Å². The largest absolute Gasteiger partial charge is 0.241 e. The van der Waals surface area contributed by atoms with Gasteiger partial charge in [0.1, 0.15) is 5.52 Å². The molecule has 2 aromatic heterocycles. The SMILES string of the molecule is C=CS(=O)(=O)c1nccn2nc(C)cc12. The third kappa shape index (κ3) is 1.52. The molecule has 15 heavy (non-hydrogen) atoms. The van der Waals surface area contributed by atoms with Crippen LogP contribution in [-0.2, 0) is 9.84 Å². The van der Waals surface area contributed by atoms with E-state index in [1.807, 2.05) is 0 Å². The van der Waals surface area contributed by atoms with Gasteiger partial charge in [-0.15, -0.1) is 0 Å². The molecule has 0 spiro atoms. The molecule has 0 aromatic carbocycles. The number of rotatable bonds is 2. The van der Waals surface area contributed by atoms with E-state index in [0.717, 1.165) is 11.1 Å². The summed E-state index contributed by atoms with van der Waals surface area (Å²) in [7, 11) is -3.52. The minimum Gasteiger partial charge on any atom is -0.241 e. The number of fused-ring (bicyclic) bond motifs is 1. The first-order chi connectivity index (χ1) is 7.04. The molecule has 5 nitrogen and oxygen atoms in total. The topological polar surface area (TPSA) is 64.3 Å². The molecule has 0 aliphatic heterocycles. The first-order valence-electron chi connectivity index (χ1n) is 4.23. The first-order valence-corrected chi connectivity index (χ1v) is 5.78. The van der Waals surface area contributed by atoms with E-state index in [-0.39, 0.29) is 5.03 Å². The Morgan fingerprint density at radius 2 is 2.27 bits per heavy atom. The summed E-state index contributed by atoms with van der Waals surface area (Å²) >= 11 is 0. The highest BCUT2D eigenvalue weighted by atomic mass is 32.2. The van der Waals surface area contributed by atoms with Gasteiger partial charge in [-0.3, -0.25) is 0 Å². The lowest BCUT2D eigenvalue weighted by Crippen LogP contribution is -2.02. The van der Waals surface area contributed by atoms with Crippen molar-refractivity contribution in [3.05, 3.63) is 36.1 Å². The fourth-order valence-corrected chi connectivity index (χ4v) is 2.13. The van der Waals surface area contributed by atoms with Crippen molar-refractivity contribution in [3.63, 3.8) is 0 Å². The second-order valence-corrected chi connectivity index (χ2v) is 4.87. The number of sulfone groups is 1. The summed E-state index contributed by atoms with van der Waals surface area (Å²) < 4.78 is 24.7. The van der Waals surface area contributed by atoms with E-state index in [4.69, 9.17) is 0 Å². The summed E-state index contributed by atoms with van der Waals surface area (Å²) in [5, 5.41) is 4.97. The summed E-state index contributed by atoms with van der Waals surface area (Å²) in [4.78, 5) is 3.84. The molecule has 0 atom stereocenters. The standard InChI is InChI=1S/C9H9N3O2S/c1-3-15(13,14)9-8-6-7(2)11-12(8)5-4-10-9/h3-6H,1H2,2H3. The van der Waals surface area contributed by atoms with Crippen LogP contribution in [0.25, 0.3) is 5.52 Å². The molecular weight excluding hydrogens is 214 g/mol. The molecule has 2 heterocycles. The second-order valence-electron chi connectivity index (χ2n) is 3.06. The normalized spacial score (nSPS) is 11.8. The van der Waals surface area contributed by atoms with Crippen LogP contribution in [0.3, 0.4) is 0 Å². The van der Waals surface area contributed by atoms with Crippen molar-refractivity contribution in [2.24, 2.45) is 0 Å². The summed E-state index contributed by atoms with van der Waals surface area (Å²) in [6, 6.07) is 1.67. The highest BCUT2D eigenvalue weighted by Gasteiger charge is 2.16. The average molecular weight is 223 g/mol. The smallest absolute Gasteiger partial charge is 0.218 e. The van der Waals surface area contributed by atoms with E-state index in [9.17, 15) is 8.42 Å². The molecule has 0 bridgehead atoms. The number of aromatic nitrogens is 3. The van der Waals surface area contributed by atoms with Crippen molar-refractivity contribution in [3.8, 4) is 0 Å². The van der Waals surface area contributed by atoms with E-state index in [2.05, 4.69) is 16.7 Å². The molecule has 0 aliphatic rings. The van der Waals surface area contributed by atoms with Gasteiger partial charge in [0.05, 0.1) is 5.69 Å². The Hall–Kier alpha value is -1.69. The van der Waals surface area contributed by atoms with E-state index >= 15 is 0 Å². The van der Waals surface area contributed by atoms with Crippen LogP contribution in [0.1, 0.15) is 5.69 Å². The average Bonchev–Trinajstić information content (AvgIpc) is 2.57. The maximum absolute atomic E-state index is 11.6. The number of hydrogen-bond donors (Lipinski definition) is 0. The Balaban J connectivity index is 2.88. The molecule has 0 saturated carbocycles. The zero-order valence-electron chi connectivity index (χ0n) is 8.08. The van der Waals surface area contributed by atoms with Gasteiger partial charge >= 0.3 is 0 Å². The van der Waals surface area contributed by atoms with Crippen LogP contribution in [0.2, 0.25) is 0 Å². The number of hydrogen-bond acceptors (Lipinski definition) is 4. The van der Waals surface area contributed by atoms with E-state index in [1.165, 1.54) is 10.7 Å². The highest BCUT2D eigenvalue weighted by Crippen LogP contribution is 2.16. The minimum absolute atomic E-state index is 0.0133. The maximum Gasteiger partial charge on any atom is 0.218 e. The lowest BCUT2D eigenvalue weighted by atomic mass is 10.4. The monoisotopic (exact) mass is 223 g/mol. The maximum atomic E-state index is 11.6. The number of nitrogens with zero attached hydrogens (tertiary/aromatic N) is 3. The Morgan fingerprint density at radius 1 is 1.53 bits per heavy atom. The van der Waals surface area contributed by atoms with Gasteiger partial charge in [0.25, 0.3) is 0 Å². The van der Waals surface area contributed by atoms with Gasteiger partial charge in [-0.2, -0.15) is 5.10 Å². The van der Waals surface area contributed by atoms with Crippen LogP contribution >= 0.6 is 0 Å². The van der Waals surface area contributed by atoms with Crippen LogP contribution in [0.5, 0.6) is 0 Å². The van der Waals surface area contributed by atoms with Crippen molar-refractivity contribution in [1.29, 1.82) is 0 Å². The molecule has 0 saturated heterocycles. The van der Waals surface area contributed by atoms with Crippen molar-refractivity contribution in [1.82, 2.24) is 14.6 Å². The first kappa shape index (κ1) is 9.85. The van der Waals surface area contributed by atoms with E-state index in [1.54, 1.807) is 19.2 Å². The Kier molecular flexibility index (Phi) is 2.08. The zero-order chi connectivity index (χ0) is 11.1. The van der Waals surface area contributed by atoms with E-state index < -0.39 is 9.84 Å². The third-order valence-electron chi connectivity index (χ3n) is 1.97. The zero-order valence-corrected chi connectivity index (χ0v) is 8.90. The Morgan fingerprint density at radius 3 is 2.93 bits per heavy atom. The van der Waals surface area contributed by atoms with E-state index in [0.29, 0.717) is 5.52 Å². The molecule has 0 radical (unpaired) electrons. The van der Waals surface area contributed by atoms with Crippen molar-refractivity contribution < 1.29 is 8.42 Å². The fourth-order valence-electron chi connectivity index (χ4n) is 1.32. The molecule has 0 amide bonds. The molecule has 0 fully saturated rings. The minimum atomic E-state index is -3.52. The van der Waals surface area contributed by atoms with Crippen LogP contribution in [0.4, 0.5) is 0 Å². The highest BCUT2D eigenvalue weighted by molar-refractivity contribution is 7.94. The predicted molar refractivity (Wildman–Crippen MR) is 55.1 cm³/mol. The lowest BCUT2D eigenvalue weighted by molar-refractivity contribution is 0.601. The van der Waals surface area contributed by atoms with Gasteiger partial charge in [-0.05, 0) is 13.0 Å². The van der Waals surface area contributed by atoms with Crippen LogP contribution in [0, 0.1) is 6.92 Å². The Bertz CT molecular complexity index is 628. The van der Waals surface area contributed by atoms with Gasteiger partial charge in [-0.25, -0.2) is 17.9 Å². The molecule has 2 aromatic rings. The summed E-state index contributed by atoms with van der Waals surface area (Å²) in [6.45, 7) is 5.05. The summed E-state index contributed by atoms with van der Waals surface area (Å²) in [6.07, 6.45) is 3.00. The second kappa shape index (κ2) is 3.16. The molecular formula is C9H9N3O2S. The molecule has 78 valence electrons. The third-order valence-corrected chi connectivity index (χ3v) is 3.26. The van der Waals surface area contributed by atoms with Crippen LogP contribution in [0.15, 0.2) is 35.5 Å². The molecule has 2 rings (SSSR count). The van der Waals surface area contributed by atoms with Gasteiger partial charge in [0.15, 0.2) is 5.03 Å². The van der Waals surface area contributed by atoms with Crippen molar-refractivity contribution in [2.45, 2.75) is 11.9 Å². The van der Waals surface area contributed by atoms with Gasteiger partial charge in [0, 0.05) is 17.8 Å². The number of aryl methyl sites for hydroxylation is 1. The lowest BCUT2D eigenvalue weighted by Gasteiger charge is -1.99. The van der Waals surface area contributed by atoms with Crippen molar-refractivity contribution >= 4 is 15.4 Å².